The number of anilines is 1. The first kappa shape index (κ1) is 12.6. The molecule has 2 aromatic carbocycles. The van der Waals surface area contributed by atoms with Crippen molar-refractivity contribution in [3.8, 4) is 0 Å². The average molecular weight is 341 g/mol. The van der Waals surface area contributed by atoms with Crippen molar-refractivity contribution in [1.29, 1.82) is 0 Å². The third kappa shape index (κ3) is 2.05. The van der Waals surface area contributed by atoms with Crippen molar-refractivity contribution in [3.63, 3.8) is 0 Å². The van der Waals surface area contributed by atoms with Crippen LogP contribution in [0.3, 0.4) is 0 Å². The van der Waals surface area contributed by atoms with Gasteiger partial charge < -0.3 is 4.90 Å². The Morgan fingerprint density at radius 3 is 2.74 bits per heavy atom. The fourth-order valence-corrected chi connectivity index (χ4v) is 2.95. The summed E-state index contributed by atoms with van der Waals surface area (Å²) in [6, 6.07) is 9.84. The summed E-state index contributed by atoms with van der Waals surface area (Å²) in [6.45, 7) is 0.367. The summed E-state index contributed by atoms with van der Waals surface area (Å²) in [5, 5.41) is 0.312. The van der Waals surface area contributed by atoms with E-state index in [4.69, 9.17) is 11.6 Å². The molecule has 0 aromatic heterocycles. The van der Waals surface area contributed by atoms with Gasteiger partial charge in [-0.2, -0.15) is 0 Å². The van der Waals surface area contributed by atoms with Crippen molar-refractivity contribution in [2.24, 2.45) is 0 Å². The molecule has 2 nitrogen and oxygen atoms in total. The van der Waals surface area contributed by atoms with Gasteiger partial charge >= 0.3 is 0 Å². The van der Waals surface area contributed by atoms with E-state index >= 15 is 0 Å². The smallest absolute Gasteiger partial charge is 0.260 e. The minimum absolute atomic E-state index is 0.205. The van der Waals surface area contributed by atoms with Crippen LogP contribution in [-0.2, 0) is 6.54 Å². The first-order valence-electron chi connectivity index (χ1n) is 5.62. The first-order chi connectivity index (χ1) is 9.08. The van der Waals surface area contributed by atoms with Gasteiger partial charge in [0.1, 0.15) is 5.82 Å². The maximum absolute atomic E-state index is 13.9. The summed E-state index contributed by atoms with van der Waals surface area (Å²) in [4.78, 5) is 13.8. The number of nitrogens with zero attached hydrogens (tertiary/aromatic N) is 1. The molecular weight excluding hydrogens is 333 g/mol. The van der Waals surface area contributed by atoms with Crippen LogP contribution in [0.15, 0.2) is 40.9 Å². The molecule has 1 aliphatic rings. The molecule has 0 saturated carbocycles. The summed E-state index contributed by atoms with van der Waals surface area (Å²) in [5.41, 5.74) is 1.73. The monoisotopic (exact) mass is 339 g/mol. The predicted molar refractivity (Wildman–Crippen MR) is 76.1 cm³/mol. The Labute approximate surface area is 122 Å². The molecule has 0 saturated heterocycles. The van der Waals surface area contributed by atoms with Crippen molar-refractivity contribution < 1.29 is 9.18 Å². The number of carbonyl (C=O) groups is 1. The Kier molecular flexibility index (Phi) is 3.07. The number of hydrogen-bond acceptors (Lipinski definition) is 1. The van der Waals surface area contributed by atoms with Gasteiger partial charge in [0.25, 0.3) is 5.91 Å². The van der Waals surface area contributed by atoms with Gasteiger partial charge in [-0.25, -0.2) is 4.39 Å². The molecule has 0 unspecified atom stereocenters. The molecule has 1 aliphatic heterocycles. The highest BCUT2D eigenvalue weighted by Gasteiger charge is 2.31. The molecule has 0 atom stereocenters. The quantitative estimate of drug-likeness (QED) is 0.753. The van der Waals surface area contributed by atoms with E-state index in [0.29, 0.717) is 17.1 Å². The van der Waals surface area contributed by atoms with E-state index in [1.54, 1.807) is 12.1 Å². The number of hydrogen-bond donors (Lipinski definition) is 0. The van der Waals surface area contributed by atoms with Gasteiger partial charge in [-0.15, -0.1) is 0 Å². The molecule has 0 N–H and O–H groups in total. The summed E-state index contributed by atoms with van der Waals surface area (Å²) < 4.78 is 14.6. The number of fused-ring (bicyclic) bond motifs is 1. The molecule has 0 radical (unpaired) electrons. The van der Waals surface area contributed by atoms with E-state index in [2.05, 4.69) is 15.9 Å². The number of benzene rings is 2. The maximum Gasteiger partial charge on any atom is 0.260 e. The van der Waals surface area contributed by atoms with Gasteiger partial charge in [0, 0.05) is 9.50 Å². The normalized spacial score (nSPS) is 13.8. The second-order valence-electron chi connectivity index (χ2n) is 4.26. The number of rotatable bonds is 1. The van der Waals surface area contributed by atoms with Crippen LogP contribution < -0.4 is 4.90 Å². The standard InChI is InChI=1S/C14H8BrClFNO/c15-10-3-1-2-8-7-18(14(19)13(8)10)12-5-4-9(16)6-11(12)17/h1-6H,7H2. The molecule has 0 fully saturated rings. The van der Waals surface area contributed by atoms with E-state index in [9.17, 15) is 9.18 Å². The third-order valence-corrected chi connectivity index (χ3v) is 3.98. The van der Waals surface area contributed by atoms with Gasteiger partial charge in [-0.05, 0) is 45.8 Å². The molecule has 0 bridgehead atoms. The van der Waals surface area contributed by atoms with E-state index in [-0.39, 0.29) is 11.6 Å². The van der Waals surface area contributed by atoms with Crippen molar-refractivity contribution >= 4 is 39.1 Å². The molecule has 0 spiro atoms. The molecule has 1 amide bonds. The molecular formula is C14H8BrClFNO. The highest BCUT2D eigenvalue weighted by atomic mass is 79.9. The first-order valence-corrected chi connectivity index (χ1v) is 6.79. The lowest BCUT2D eigenvalue weighted by Gasteiger charge is -2.16. The number of carbonyl (C=O) groups excluding carboxylic acids is 1. The topological polar surface area (TPSA) is 20.3 Å². The molecule has 2 aromatic rings. The van der Waals surface area contributed by atoms with Crippen LogP contribution in [0.5, 0.6) is 0 Å². The highest BCUT2D eigenvalue weighted by molar-refractivity contribution is 9.10. The van der Waals surface area contributed by atoms with Crippen molar-refractivity contribution in [3.05, 3.63) is 62.8 Å². The Bertz CT molecular complexity index is 689. The number of amides is 1. The fraction of sp³-hybridized carbons (Fsp3) is 0.0714. The summed E-state index contributed by atoms with van der Waals surface area (Å²) >= 11 is 9.08. The van der Waals surface area contributed by atoms with Crippen molar-refractivity contribution in [2.45, 2.75) is 6.54 Å². The lowest BCUT2D eigenvalue weighted by atomic mass is 10.1. The molecule has 5 heteroatoms. The Morgan fingerprint density at radius 1 is 1.26 bits per heavy atom. The highest BCUT2D eigenvalue weighted by Crippen LogP contribution is 2.34. The minimum Gasteiger partial charge on any atom is -0.301 e. The molecule has 0 aliphatic carbocycles. The van der Waals surface area contributed by atoms with Crippen LogP contribution in [0, 0.1) is 5.82 Å². The van der Waals surface area contributed by atoms with Crippen LogP contribution in [0.4, 0.5) is 10.1 Å². The van der Waals surface area contributed by atoms with Crippen LogP contribution in [0.2, 0.25) is 5.02 Å². The van der Waals surface area contributed by atoms with E-state index < -0.39 is 5.82 Å². The van der Waals surface area contributed by atoms with Gasteiger partial charge in [0.15, 0.2) is 0 Å². The van der Waals surface area contributed by atoms with Crippen molar-refractivity contribution in [2.75, 3.05) is 4.90 Å². The van der Waals surface area contributed by atoms with Crippen molar-refractivity contribution in [1.82, 2.24) is 0 Å². The minimum atomic E-state index is -0.496. The summed E-state index contributed by atoms with van der Waals surface area (Å²) in [6.07, 6.45) is 0. The second kappa shape index (κ2) is 4.62. The summed E-state index contributed by atoms with van der Waals surface area (Å²) in [5.74, 6) is -0.700. The lowest BCUT2D eigenvalue weighted by molar-refractivity contribution is 0.0995. The van der Waals surface area contributed by atoms with Gasteiger partial charge in [-0.3, -0.25) is 4.79 Å². The van der Waals surface area contributed by atoms with E-state index in [1.165, 1.54) is 17.0 Å². The zero-order valence-electron chi connectivity index (χ0n) is 9.66. The van der Waals surface area contributed by atoms with Crippen LogP contribution in [-0.4, -0.2) is 5.91 Å². The predicted octanol–water partition coefficient (Wildman–Crippen LogP) is 4.40. The molecule has 96 valence electrons. The third-order valence-electron chi connectivity index (χ3n) is 3.09. The molecule has 19 heavy (non-hydrogen) atoms. The average Bonchev–Trinajstić information content (AvgIpc) is 2.68. The van der Waals surface area contributed by atoms with Crippen LogP contribution in [0.1, 0.15) is 15.9 Å². The van der Waals surface area contributed by atoms with Crippen LogP contribution >= 0.6 is 27.5 Å². The molecule has 1 heterocycles. The zero-order valence-corrected chi connectivity index (χ0v) is 12.0. The lowest BCUT2D eigenvalue weighted by Crippen LogP contribution is -2.24. The van der Waals surface area contributed by atoms with Crippen LogP contribution in [0.25, 0.3) is 0 Å². The Hall–Kier alpha value is -1.39. The van der Waals surface area contributed by atoms with E-state index in [0.717, 1.165) is 10.0 Å². The van der Waals surface area contributed by atoms with Gasteiger partial charge in [-0.1, -0.05) is 23.7 Å². The summed E-state index contributed by atoms with van der Waals surface area (Å²) in [7, 11) is 0. The number of halogens is 3. The Balaban J connectivity index is 2.07. The maximum atomic E-state index is 13.9. The van der Waals surface area contributed by atoms with Gasteiger partial charge in [0.2, 0.25) is 0 Å². The second-order valence-corrected chi connectivity index (χ2v) is 5.55. The zero-order chi connectivity index (χ0) is 13.6. The van der Waals surface area contributed by atoms with E-state index in [1.807, 2.05) is 12.1 Å². The van der Waals surface area contributed by atoms with Gasteiger partial charge in [0.05, 0.1) is 17.8 Å². The Morgan fingerprint density at radius 2 is 2.05 bits per heavy atom. The SMILES string of the molecule is O=C1c2c(Br)cccc2CN1c1ccc(Cl)cc1F. The fourth-order valence-electron chi connectivity index (χ4n) is 2.21. The largest absolute Gasteiger partial charge is 0.301 e. The molecule has 3 rings (SSSR count).